The molecule has 0 bridgehead atoms. The van der Waals surface area contributed by atoms with Gasteiger partial charge in [0.1, 0.15) is 16.9 Å². The molecule has 4 heterocycles. The predicted octanol–water partition coefficient (Wildman–Crippen LogP) is 15.4. The second-order valence-corrected chi connectivity index (χ2v) is 22.0. The zero-order chi connectivity index (χ0) is 46.2. The smallest absolute Gasteiger partial charge is 0.257 e. The minimum atomic E-state index is -0.154. The van der Waals surface area contributed by atoms with E-state index in [1.165, 1.54) is 72.3 Å². The molecule has 5 heteroatoms. The molecule has 0 saturated carbocycles. The summed E-state index contributed by atoms with van der Waals surface area (Å²) in [5.41, 5.74) is 22.2. The summed E-state index contributed by atoms with van der Waals surface area (Å²) in [4.78, 5) is 5.03. The van der Waals surface area contributed by atoms with Crippen molar-refractivity contribution in [3.05, 3.63) is 173 Å². The van der Waals surface area contributed by atoms with Gasteiger partial charge in [-0.2, -0.15) is 0 Å². The maximum Gasteiger partial charge on any atom is 0.257 e. The van der Waals surface area contributed by atoms with Crippen molar-refractivity contribution in [2.24, 2.45) is 0 Å². The summed E-state index contributed by atoms with van der Waals surface area (Å²) < 4.78 is 13.9. The van der Waals surface area contributed by atoms with E-state index >= 15 is 0 Å². The average molecular weight is 863 g/mol. The van der Waals surface area contributed by atoms with Gasteiger partial charge in [-0.1, -0.05) is 147 Å². The van der Waals surface area contributed by atoms with Gasteiger partial charge >= 0.3 is 0 Å². The molecule has 66 heavy (non-hydrogen) atoms. The predicted molar refractivity (Wildman–Crippen MR) is 281 cm³/mol. The number of aryl methyl sites for hydroxylation is 3. The second kappa shape index (κ2) is 14.6. The minimum Gasteiger partial charge on any atom is -0.456 e. The fourth-order valence-electron chi connectivity index (χ4n) is 10.8. The highest BCUT2D eigenvalue weighted by molar-refractivity contribution is 7.01. The van der Waals surface area contributed by atoms with E-state index in [-0.39, 0.29) is 23.0 Å². The molecule has 2 aliphatic rings. The van der Waals surface area contributed by atoms with Crippen LogP contribution >= 0.6 is 0 Å². The SMILES string of the molecule is Cc1cc(C(C)(C)C)cc(C)c1N1c2cccc3c2B(c2cc(-c4cc5ccccc5o4)ccc2N3c2c(C)cc(C(C)(C)C)cc2-c2ccccc2)c2c1oc1ccc(C(C)(C)C)cc21. The number of benzene rings is 7. The van der Waals surface area contributed by atoms with Gasteiger partial charge in [-0.05, 0) is 141 Å². The monoisotopic (exact) mass is 862 g/mol. The fourth-order valence-corrected chi connectivity index (χ4v) is 10.8. The summed E-state index contributed by atoms with van der Waals surface area (Å²) in [5.74, 6) is 1.74. The van der Waals surface area contributed by atoms with Crippen molar-refractivity contribution in [2.45, 2.75) is 99.3 Å². The van der Waals surface area contributed by atoms with Crippen LogP contribution in [-0.2, 0) is 16.2 Å². The van der Waals surface area contributed by atoms with Crippen LogP contribution in [0.4, 0.5) is 34.3 Å². The molecule has 0 unspecified atom stereocenters. The fraction of sp³-hybridized carbons (Fsp3) is 0.246. The van der Waals surface area contributed by atoms with Gasteiger partial charge in [0.15, 0.2) is 0 Å². The Kier molecular flexibility index (Phi) is 9.31. The summed E-state index contributed by atoms with van der Waals surface area (Å²) in [6, 6.07) is 51.8. The Morgan fingerprint density at radius 3 is 1.73 bits per heavy atom. The first-order chi connectivity index (χ1) is 31.4. The van der Waals surface area contributed by atoms with E-state index in [1.807, 2.05) is 6.07 Å². The molecule has 0 N–H and O–H groups in total. The Hall–Kier alpha value is -6.72. The topological polar surface area (TPSA) is 32.8 Å². The number of rotatable bonds is 4. The molecule has 328 valence electrons. The van der Waals surface area contributed by atoms with E-state index in [0.717, 1.165) is 56.2 Å². The van der Waals surface area contributed by atoms with Crippen LogP contribution in [0.25, 0.3) is 44.4 Å². The summed E-state index contributed by atoms with van der Waals surface area (Å²) >= 11 is 0. The molecule has 2 aliphatic heterocycles. The molecule has 0 aliphatic carbocycles. The van der Waals surface area contributed by atoms with Crippen LogP contribution in [0, 0.1) is 20.8 Å². The molecule has 7 aromatic carbocycles. The molecular formula is C61H59BN2O2. The maximum atomic E-state index is 7.30. The van der Waals surface area contributed by atoms with Crippen molar-refractivity contribution in [1.29, 1.82) is 0 Å². The van der Waals surface area contributed by atoms with E-state index in [2.05, 4.69) is 226 Å². The molecule has 0 spiro atoms. The van der Waals surface area contributed by atoms with Gasteiger partial charge in [-0.25, -0.2) is 0 Å². The van der Waals surface area contributed by atoms with Crippen LogP contribution in [0.5, 0.6) is 0 Å². The lowest BCUT2D eigenvalue weighted by atomic mass is 9.33. The largest absolute Gasteiger partial charge is 0.456 e. The highest BCUT2D eigenvalue weighted by Gasteiger charge is 2.47. The third-order valence-corrected chi connectivity index (χ3v) is 14.2. The van der Waals surface area contributed by atoms with Crippen LogP contribution in [0.1, 0.15) is 95.7 Å². The molecular weight excluding hydrogens is 803 g/mol. The van der Waals surface area contributed by atoms with Gasteiger partial charge in [-0.3, -0.25) is 4.90 Å². The zero-order valence-corrected chi connectivity index (χ0v) is 40.6. The first kappa shape index (κ1) is 42.0. The number of anilines is 6. The molecule has 4 nitrogen and oxygen atoms in total. The highest BCUT2D eigenvalue weighted by atomic mass is 16.4. The molecule has 2 aromatic heterocycles. The first-order valence-corrected chi connectivity index (χ1v) is 23.6. The Morgan fingerprint density at radius 2 is 1.06 bits per heavy atom. The molecule has 0 fully saturated rings. The van der Waals surface area contributed by atoms with Crippen molar-refractivity contribution in [3.8, 4) is 22.5 Å². The van der Waals surface area contributed by atoms with Gasteiger partial charge in [0.25, 0.3) is 6.71 Å². The molecule has 0 amide bonds. The normalized spacial score (nSPS) is 13.7. The zero-order valence-electron chi connectivity index (χ0n) is 40.6. The van der Waals surface area contributed by atoms with Crippen LogP contribution in [0.3, 0.4) is 0 Å². The van der Waals surface area contributed by atoms with Gasteiger partial charge in [0, 0.05) is 44.4 Å². The van der Waals surface area contributed by atoms with Gasteiger partial charge in [0.05, 0.1) is 11.4 Å². The van der Waals surface area contributed by atoms with Crippen molar-refractivity contribution in [2.75, 3.05) is 9.80 Å². The van der Waals surface area contributed by atoms with Crippen molar-refractivity contribution in [3.63, 3.8) is 0 Å². The Morgan fingerprint density at radius 1 is 0.439 bits per heavy atom. The van der Waals surface area contributed by atoms with E-state index in [0.29, 0.717) is 0 Å². The highest BCUT2D eigenvalue weighted by Crippen LogP contribution is 2.51. The number of para-hydroxylation sites is 1. The van der Waals surface area contributed by atoms with Crippen LogP contribution < -0.4 is 26.2 Å². The van der Waals surface area contributed by atoms with Gasteiger partial charge in [0.2, 0.25) is 5.88 Å². The molecule has 9 aromatic rings. The average Bonchev–Trinajstić information content (AvgIpc) is 3.88. The summed E-state index contributed by atoms with van der Waals surface area (Å²) in [7, 11) is 0. The van der Waals surface area contributed by atoms with Crippen molar-refractivity contribution < 1.29 is 8.83 Å². The lowest BCUT2D eigenvalue weighted by Gasteiger charge is -2.44. The summed E-state index contributed by atoms with van der Waals surface area (Å²) in [6.07, 6.45) is 0. The van der Waals surface area contributed by atoms with Crippen LogP contribution in [0.15, 0.2) is 148 Å². The number of fused-ring (bicyclic) bond motifs is 7. The second-order valence-electron chi connectivity index (χ2n) is 22.0. The molecule has 0 saturated heterocycles. The number of nitrogens with zero attached hydrogens (tertiary/aromatic N) is 2. The summed E-state index contributed by atoms with van der Waals surface area (Å²) in [5, 5.41) is 2.25. The quantitative estimate of drug-likeness (QED) is 0.165. The van der Waals surface area contributed by atoms with E-state index < -0.39 is 0 Å². The molecule has 11 rings (SSSR count). The first-order valence-electron chi connectivity index (χ1n) is 23.6. The number of furan rings is 2. The number of hydrogen-bond acceptors (Lipinski definition) is 4. The molecule has 0 radical (unpaired) electrons. The van der Waals surface area contributed by atoms with Crippen molar-refractivity contribution in [1.82, 2.24) is 0 Å². The van der Waals surface area contributed by atoms with Gasteiger partial charge < -0.3 is 13.7 Å². The Balaban J connectivity index is 1.28. The third kappa shape index (κ3) is 6.56. The van der Waals surface area contributed by atoms with Crippen LogP contribution in [0.2, 0.25) is 0 Å². The Bertz CT molecular complexity index is 3370. The number of hydrogen-bond donors (Lipinski definition) is 0. The lowest BCUT2D eigenvalue weighted by Crippen LogP contribution is -2.61. The minimum absolute atomic E-state index is 0.000542. The van der Waals surface area contributed by atoms with E-state index in [4.69, 9.17) is 8.83 Å². The van der Waals surface area contributed by atoms with E-state index in [9.17, 15) is 0 Å². The summed E-state index contributed by atoms with van der Waals surface area (Å²) in [6.45, 7) is 27.4. The Labute approximate surface area is 391 Å². The van der Waals surface area contributed by atoms with Crippen LogP contribution in [-0.4, -0.2) is 6.71 Å². The van der Waals surface area contributed by atoms with Gasteiger partial charge in [-0.15, -0.1) is 0 Å². The maximum absolute atomic E-state index is 7.30. The van der Waals surface area contributed by atoms with E-state index in [1.54, 1.807) is 0 Å². The lowest BCUT2D eigenvalue weighted by molar-refractivity contribution is 0.588. The third-order valence-electron chi connectivity index (χ3n) is 14.2. The molecule has 0 atom stereocenters. The van der Waals surface area contributed by atoms with Crippen molar-refractivity contribution >= 4 is 79.4 Å². The standard InChI is InChI=1S/C61H59BN2O2/c1-36-29-43(60(7,8)9)30-37(2)56(36)64-50-23-18-22-49-55(50)62(54-46-34-42(59(4,5)6)26-28-52(46)66-58(54)64)47-32-41(53-33-40-21-16-17-24-51(40)65-53)25-27-48(47)63(49)57-38(3)31-44(61(10,11)12)35-45(57)39-19-14-13-15-20-39/h13-35H,1-12H3.